The largest absolute Gasteiger partial charge is 0.496 e. The first-order valence-electron chi connectivity index (χ1n) is 15.8. The molecule has 1 spiro atoms. The van der Waals surface area contributed by atoms with E-state index in [2.05, 4.69) is 5.32 Å². The molecular weight excluding hydrogens is 562 g/mol. The summed E-state index contributed by atoms with van der Waals surface area (Å²) in [6.45, 7) is 2.37. The molecule has 1 saturated carbocycles. The molecule has 6 rings (SSSR count). The monoisotopic (exact) mass is 604 g/mol. The molecule has 1 aliphatic carbocycles. The van der Waals surface area contributed by atoms with Gasteiger partial charge in [0, 0.05) is 56.1 Å². The van der Waals surface area contributed by atoms with E-state index in [0.717, 1.165) is 61.5 Å². The number of methoxy groups -OCH3 is 1. The van der Waals surface area contributed by atoms with E-state index in [1.165, 1.54) is 12.1 Å². The Hall–Kier alpha value is -3.72. The lowest BCUT2D eigenvalue weighted by atomic mass is 9.69. The number of carbonyl (C=O) groups is 1. The summed E-state index contributed by atoms with van der Waals surface area (Å²) in [4.78, 5) is 31.3. The number of benzene rings is 2. The highest BCUT2D eigenvalue weighted by Gasteiger charge is 2.47. The van der Waals surface area contributed by atoms with Crippen LogP contribution in [0.5, 0.6) is 5.75 Å². The van der Waals surface area contributed by atoms with Crippen LogP contribution in [0.15, 0.2) is 65.6 Å². The number of rotatable bonds is 6. The standard InChI is InChI=1S/C35H42F2N4O3/c1-38-29-11-16-41(31(21-29)25-17-27(36)20-28(37)18-25)34(43)40-15-10-26(35(23-40)12-5-6-13-35)22-39-14-9-24(19-33(39)42)30-7-3-4-8-32(30)44-2/h3-4,7-9,14,17-20,26,29,31,38H,5-6,10-13,15-16,21-23H2,1-2H3/t26-,29+,31-/m0/s1. The van der Waals surface area contributed by atoms with E-state index in [1.54, 1.807) is 13.2 Å². The summed E-state index contributed by atoms with van der Waals surface area (Å²) in [6, 6.07) is 14.6. The van der Waals surface area contributed by atoms with Gasteiger partial charge in [-0.2, -0.15) is 0 Å². The van der Waals surface area contributed by atoms with Crippen molar-refractivity contribution in [1.82, 2.24) is 19.7 Å². The molecule has 3 atom stereocenters. The smallest absolute Gasteiger partial charge is 0.320 e. The van der Waals surface area contributed by atoms with Crippen molar-refractivity contribution in [2.75, 3.05) is 33.8 Å². The molecular formula is C35H42F2N4O3. The Morgan fingerprint density at radius 3 is 2.48 bits per heavy atom. The first kappa shape index (κ1) is 30.3. The number of likely N-dealkylation sites (tertiary alicyclic amines) is 2. The zero-order valence-electron chi connectivity index (χ0n) is 25.6. The highest BCUT2D eigenvalue weighted by Crippen LogP contribution is 2.49. The highest BCUT2D eigenvalue weighted by atomic mass is 19.1. The Kier molecular flexibility index (Phi) is 8.76. The molecule has 0 unspecified atom stereocenters. The fourth-order valence-electron chi connectivity index (χ4n) is 7.97. The number of aromatic nitrogens is 1. The average Bonchev–Trinajstić information content (AvgIpc) is 3.50. The quantitative estimate of drug-likeness (QED) is 0.362. The van der Waals surface area contributed by atoms with Crippen molar-refractivity contribution < 1.29 is 18.3 Å². The van der Waals surface area contributed by atoms with Crippen molar-refractivity contribution >= 4 is 6.03 Å². The molecule has 44 heavy (non-hydrogen) atoms. The number of amides is 2. The molecule has 234 valence electrons. The van der Waals surface area contributed by atoms with Gasteiger partial charge in [0.1, 0.15) is 17.4 Å². The van der Waals surface area contributed by atoms with Crippen LogP contribution in [-0.2, 0) is 6.54 Å². The summed E-state index contributed by atoms with van der Waals surface area (Å²) in [5, 5.41) is 3.29. The molecule has 3 aliphatic rings. The number of hydrogen-bond acceptors (Lipinski definition) is 4. The van der Waals surface area contributed by atoms with Gasteiger partial charge >= 0.3 is 6.03 Å². The molecule has 9 heteroatoms. The zero-order chi connectivity index (χ0) is 30.8. The third-order valence-corrected chi connectivity index (χ3v) is 10.3. The third kappa shape index (κ3) is 5.99. The molecule has 0 bridgehead atoms. The molecule has 0 radical (unpaired) electrons. The van der Waals surface area contributed by atoms with Crippen LogP contribution in [0.4, 0.5) is 13.6 Å². The Balaban J connectivity index is 1.21. The third-order valence-electron chi connectivity index (χ3n) is 10.3. The number of pyridine rings is 1. The summed E-state index contributed by atoms with van der Waals surface area (Å²) in [6.07, 6.45) is 8.34. The Bertz CT molecular complexity index is 1530. The fraction of sp³-hybridized carbons (Fsp3) is 0.486. The van der Waals surface area contributed by atoms with Crippen LogP contribution < -0.4 is 15.6 Å². The van der Waals surface area contributed by atoms with E-state index in [9.17, 15) is 18.4 Å². The van der Waals surface area contributed by atoms with Crippen molar-refractivity contribution in [3.8, 4) is 16.9 Å². The minimum Gasteiger partial charge on any atom is -0.496 e. The summed E-state index contributed by atoms with van der Waals surface area (Å²) in [7, 11) is 3.52. The van der Waals surface area contributed by atoms with Gasteiger partial charge in [-0.1, -0.05) is 31.0 Å². The number of para-hydroxylation sites is 1. The maximum Gasteiger partial charge on any atom is 0.320 e. The Labute approximate surface area is 257 Å². The van der Waals surface area contributed by atoms with Gasteiger partial charge in [0.15, 0.2) is 0 Å². The number of nitrogens with zero attached hydrogens (tertiary/aromatic N) is 3. The maximum absolute atomic E-state index is 14.2. The molecule has 3 fully saturated rings. The van der Waals surface area contributed by atoms with E-state index in [0.29, 0.717) is 38.2 Å². The minimum atomic E-state index is -0.629. The first-order chi connectivity index (χ1) is 21.3. The minimum absolute atomic E-state index is 0.0439. The second-order valence-corrected chi connectivity index (χ2v) is 12.8. The number of carbonyl (C=O) groups excluding carboxylic acids is 1. The number of nitrogens with one attached hydrogen (secondary N) is 1. The highest BCUT2D eigenvalue weighted by molar-refractivity contribution is 5.75. The van der Waals surface area contributed by atoms with E-state index in [-0.39, 0.29) is 29.0 Å². The summed E-state index contributed by atoms with van der Waals surface area (Å²) in [5.74, 6) is -0.259. The van der Waals surface area contributed by atoms with Gasteiger partial charge in [-0.15, -0.1) is 0 Å². The van der Waals surface area contributed by atoms with Crippen LogP contribution >= 0.6 is 0 Å². The van der Waals surface area contributed by atoms with Crippen molar-refractivity contribution in [3.63, 3.8) is 0 Å². The lowest BCUT2D eigenvalue weighted by Gasteiger charge is -2.49. The summed E-state index contributed by atoms with van der Waals surface area (Å²) < 4.78 is 35.8. The average molecular weight is 605 g/mol. The van der Waals surface area contributed by atoms with Crippen molar-refractivity contribution in [3.05, 3.63) is 88.3 Å². The molecule has 2 saturated heterocycles. The molecule has 1 aromatic heterocycles. The van der Waals surface area contributed by atoms with Gasteiger partial charge in [0.25, 0.3) is 5.56 Å². The van der Waals surface area contributed by atoms with E-state index >= 15 is 0 Å². The van der Waals surface area contributed by atoms with E-state index in [1.807, 2.05) is 57.9 Å². The normalized spacial score (nSPS) is 23.2. The van der Waals surface area contributed by atoms with Gasteiger partial charge < -0.3 is 24.4 Å². The Morgan fingerprint density at radius 2 is 1.77 bits per heavy atom. The predicted molar refractivity (Wildman–Crippen MR) is 167 cm³/mol. The second kappa shape index (κ2) is 12.7. The molecule has 2 amide bonds. The number of piperidine rings is 2. The lowest BCUT2D eigenvalue weighted by Crippen LogP contribution is -2.56. The zero-order valence-corrected chi connectivity index (χ0v) is 25.6. The number of hydrogen-bond donors (Lipinski definition) is 1. The van der Waals surface area contributed by atoms with Gasteiger partial charge in [0.2, 0.25) is 0 Å². The molecule has 2 aromatic carbocycles. The Morgan fingerprint density at radius 1 is 1.02 bits per heavy atom. The van der Waals surface area contributed by atoms with Crippen LogP contribution in [0.3, 0.4) is 0 Å². The fourth-order valence-corrected chi connectivity index (χ4v) is 7.97. The van der Waals surface area contributed by atoms with Gasteiger partial charge in [-0.25, -0.2) is 13.6 Å². The van der Waals surface area contributed by atoms with Crippen molar-refractivity contribution in [2.24, 2.45) is 11.3 Å². The van der Waals surface area contributed by atoms with E-state index < -0.39 is 17.7 Å². The predicted octanol–water partition coefficient (Wildman–Crippen LogP) is 6.23. The van der Waals surface area contributed by atoms with Gasteiger partial charge in [-0.3, -0.25) is 4.79 Å². The topological polar surface area (TPSA) is 66.8 Å². The van der Waals surface area contributed by atoms with Crippen molar-refractivity contribution in [1.29, 1.82) is 0 Å². The first-order valence-corrected chi connectivity index (χ1v) is 15.8. The van der Waals surface area contributed by atoms with E-state index in [4.69, 9.17) is 4.74 Å². The molecule has 1 N–H and O–H groups in total. The molecule has 3 aromatic rings. The SMILES string of the molecule is CN[C@@H]1CCN(C(=O)N2CC[C@@H](Cn3ccc(-c4ccccc4OC)cc3=O)C3(CCCC3)C2)[C@H](c2cc(F)cc(F)c2)C1. The molecule has 3 heterocycles. The van der Waals surface area contributed by atoms with Crippen LogP contribution in [-0.4, -0.2) is 60.2 Å². The summed E-state index contributed by atoms with van der Waals surface area (Å²) in [5.41, 5.74) is 2.11. The van der Waals surface area contributed by atoms with Crippen LogP contribution in [0, 0.1) is 23.0 Å². The number of ether oxygens (including phenoxy) is 1. The van der Waals surface area contributed by atoms with Gasteiger partial charge in [0.05, 0.1) is 13.2 Å². The van der Waals surface area contributed by atoms with Crippen molar-refractivity contribution in [2.45, 2.75) is 63.6 Å². The molecule has 7 nitrogen and oxygen atoms in total. The van der Waals surface area contributed by atoms with Crippen LogP contribution in [0.25, 0.3) is 11.1 Å². The number of urea groups is 1. The maximum atomic E-state index is 14.2. The number of halogens is 2. The van der Waals surface area contributed by atoms with Crippen LogP contribution in [0.1, 0.15) is 56.6 Å². The van der Waals surface area contributed by atoms with Crippen LogP contribution in [0.2, 0.25) is 0 Å². The second-order valence-electron chi connectivity index (χ2n) is 12.8. The molecule has 2 aliphatic heterocycles. The summed E-state index contributed by atoms with van der Waals surface area (Å²) >= 11 is 0. The lowest BCUT2D eigenvalue weighted by molar-refractivity contribution is 0.0209. The van der Waals surface area contributed by atoms with Gasteiger partial charge in [-0.05, 0) is 85.9 Å².